The van der Waals surface area contributed by atoms with Crippen molar-refractivity contribution in [3.05, 3.63) is 94.9 Å². The molecule has 29 heavy (non-hydrogen) atoms. The molecular formula is C26H27N3. The summed E-state index contributed by atoms with van der Waals surface area (Å²) in [5, 5.41) is 1.42. The molecule has 3 heterocycles. The maximum Gasteiger partial charge on any atom is 0.0486 e. The minimum Gasteiger partial charge on any atom is -0.367 e. The molecule has 0 spiro atoms. The number of hydrogen-bond donors (Lipinski definition) is 0. The molecule has 146 valence electrons. The Bertz CT molecular complexity index is 1140. The SMILES string of the molecule is Cc1ccc2c(c1)c1c(n2CCc2ccc(C)nc2)CCN(c2ccccc2)C1. The smallest absolute Gasteiger partial charge is 0.0486 e. The zero-order valence-corrected chi connectivity index (χ0v) is 17.2. The fourth-order valence-electron chi connectivity index (χ4n) is 4.57. The van der Waals surface area contributed by atoms with Gasteiger partial charge in [-0.3, -0.25) is 4.98 Å². The first-order valence-corrected chi connectivity index (χ1v) is 10.5. The number of aromatic nitrogens is 2. The summed E-state index contributed by atoms with van der Waals surface area (Å²) in [7, 11) is 0. The van der Waals surface area contributed by atoms with Crippen LogP contribution in [-0.2, 0) is 25.9 Å². The summed E-state index contributed by atoms with van der Waals surface area (Å²) in [5.74, 6) is 0. The molecule has 2 aromatic carbocycles. The summed E-state index contributed by atoms with van der Waals surface area (Å²) in [6.07, 6.45) is 4.12. The average molecular weight is 382 g/mol. The first-order chi connectivity index (χ1) is 14.2. The van der Waals surface area contributed by atoms with E-state index in [1.807, 2.05) is 13.1 Å². The number of anilines is 1. The Hall–Kier alpha value is -3.07. The van der Waals surface area contributed by atoms with Crippen molar-refractivity contribution in [3.8, 4) is 0 Å². The normalized spacial score (nSPS) is 13.7. The van der Waals surface area contributed by atoms with Gasteiger partial charge in [-0.15, -0.1) is 0 Å². The van der Waals surface area contributed by atoms with Crippen LogP contribution in [0.4, 0.5) is 5.69 Å². The van der Waals surface area contributed by atoms with E-state index >= 15 is 0 Å². The molecule has 3 nitrogen and oxygen atoms in total. The third-order valence-electron chi connectivity index (χ3n) is 6.13. The molecule has 2 aromatic heterocycles. The molecule has 0 bridgehead atoms. The Morgan fingerprint density at radius 1 is 0.966 bits per heavy atom. The zero-order chi connectivity index (χ0) is 19.8. The van der Waals surface area contributed by atoms with Gasteiger partial charge in [0, 0.05) is 65.8 Å². The summed E-state index contributed by atoms with van der Waals surface area (Å²) in [6, 6.07) is 22.0. The number of aryl methyl sites for hydroxylation is 4. The van der Waals surface area contributed by atoms with Crippen molar-refractivity contribution in [1.29, 1.82) is 0 Å². The molecule has 0 saturated heterocycles. The van der Waals surface area contributed by atoms with Crippen molar-refractivity contribution in [1.82, 2.24) is 9.55 Å². The maximum absolute atomic E-state index is 4.47. The quantitative estimate of drug-likeness (QED) is 0.468. The standard InChI is InChI=1S/C26H27N3/c1-19-8-11-25-23(16-19)24-18-28(22-6-4-3-5-7-22)14-13-26(24)29(25)15-12-21-10-9-20(2)27-17-21/h3-11,16-17H,12-15,18H2,1-2H3. The monoisotopic (exact) mass is 381 g/mol. The fraction of sp³-hybridized carbons (Fsp3) is 0.269. The summed E-state index contributed by atoms with van der Waals surface area (Å²) >= 11 is 0. The summed E-state index contributed by atoms with van der Waals surface area (Å²) in [5.41, 5.74) is 9.41. The van der Waals surface area contributed by atoms with Crippen LogP contribution in [0.2, 0.25) is 0 Å². The second kappa shape index (κ2) is 7.40. The van der Waals surface area contributed by atoms with Crippen LogP contribution >= 0.6 is 0 Å². The average Bonchev–Trinajstić information content (AvgIpc) is 3.06. The molecule has 0 aliphatic carbocycles. The van der Waals surface area contributed by atoms with Gasteiger partial charge in [0.25, 0.3) is 0 Å². The van der Waals surface area contributed by atoms with Crippen molar-refractivity contribution in [2.75, 3.05) is 11.4 Å². The Morgan fingerprint density at radius 2 is 1.83 bits per heavy atom. The largest absolute Gasteiger partial charge is 0.367 e. The molecule has 3 heteroatoms. The van der Waals surface area contributed by atoms with Crippen molar-refractivity contribution >= 4 is 16.6 Å². The van der Waals surface area contributed by atoms with E-state index in [1.165, 1.54) is 39.0 Å². The first-order valence-electron chi connectivity index (χ1n) is 10.5. The molecule has 0 atom stereocenters. The Morgan fingerprint density at radius 3 is 2.62 bits per heavy atom. The maximum atomic E-state index is 4.47. The lowest BCUT2D eigenvalue weighted by Gasteiger charge is -2.30. The topological polar surface area (TPSA) is 21.1 Å². The molecular weight excluding hydrogens is 354 g/mol. The van der Waals surface area contributed by atoms with Crippen LogP contribution in [0.3, 0.4) is 0 Å². The lowest BCUT2D eigenvalue weighted by Crippen LogP contribution is -2.31. The van der Waals surface area contributed by atoms with Crippen molar-refractivity contribution in [2.45, 2.75) is 39.8 Å². The predicted molar refractivity (Wildman–Crippen MR) is 121 cm³/mol. The molecule has 0 amide bonds. The molecule has 0 fully saturated rings. The van der Waals surface area contributed by atoms with Gasteiger partial charge in [-0.1, -0.05) is 35.9 Å². The van der Waals surface area contributed by atoms with Gasteiger partial charge in [0.1, 0.15) is 0 Å². The lowest BCUT2D eigenvalue weighted by atomic mass is 10.0. The van der Waals surface area contributed by atoms with Crippen LogP contribution in [0.25, 0.3) is 10.9 Å². The van der Waals surface area contributed by atoms with Gasteiger partial charge >= 0.3 is 0 Å². The predicted octanol–water partition coefficient (Wildman–Crippen LogP) is 5.46. The number of rotatable bonds is 4. The molecule has 1 aliphatic rings. The summed E-state index contributed by atoms with van der Waals surface area (Å²) in [4.78, 5) is 6.98. The molecule has 0 unspecified atom stereocenters. The highest BCUT2D eigenvalue weighted by molar-refractivity contribution is 5.87. The van der Waals surface area contributed by atoms with Crippen molar-refractivity contribution < 1.29 is 0 Å². The van der Waals surface area contributed by atoms with E-state index < -0.39 is 0 Å². The first kappa shape index (κ1) is 18.0. The van der Waals surface area contributed by atoms with Gasteiger partial charge in [-0.05, 0) is 56.2 Å². The van der Waals surface area contributed by atoms with Gasteiger partial charge < -0.3 is 9.47 Å². The van der Waals surface area contributed by atoms with Gasteiger partial charge in [-0.2, -0.15) is 0 Å². The van der Waals surface area contributed by atoms with Crippen molar-refractivity contribution in [3.63, 3.8) is 0 Å². The van der Waals surface area contributed by atoms with Gasteiger partial charge in [0.15, 0.2) is 0 Å². The van der Waals surface area contributed by atoms with Crippen molar-refractivity contribution in [2.24, 2.45) is 0 Å². The third-order valence-corrected chi connectivity index (χ3v) is 6.13. The highest BCUT2D eigenvalue weighted by Gasteiger charge is 2.24. The summed E-state index contributed by atoms with van der Waals surface area (Å²) < 4.78 is 2.56. The molecule has 0 N–H and O–H groups in total. The van der Waals surface area contributed by atoms with Crippen LogP contribution in [0.1, 0.15) is 28.1 Å². The van der Waals surface area contributed by atoms with Crippen LogP contribution in [0.5, 0.6) is 0 Å². The fourth-order valence-corrected chi connectivity index (χ4v) is 4.57. The molecule has 0 saturated carbocycles. The number of hydrogen-bond acceptors (Lipinski definition) is 2. The second-order valence-electron chi connectivity index (χ2n) is 8.16. The number of nitrogens with zero attached hydrogens (tertiary/aromatic N) is 3. The van der Waals surface area contributed by atoms with Crippen LogP contribution in [0.15, 0.2) is 66.9 Å². The third kappa shape index (κ3) is 3.42. The highest BCUT2D eigenvalue weighted by Crippen LogP contribution is 2.33. The Balaban J connectivity index is 1.51. The Kier molecular flexibility index (Phi) is 4.59. The van der Waals surface area contributed by atoms with Crippen LogP contribution < -0.4 is 4.90 Å². The Labute approximate surface area is 172 Å². The van der Waals surface area contributed by atoms with Gasteiger partial charge in [-0.25, -0.2) is 0 Å². The number of benzene rings is 2. The van der Waals surface area contributed by atoms with E-state index in [1.54, 1.807) is 0 Å². The lowest BCUT2D eigenvalue weighted by molar-refractivity contribution is 0.636. The van der Waals surface area contributed by atoms with E-state index in [9.17, 15) is 0 Å². The van der Waals surface area contributed by atoms with Crippen LogP contribution in [0, 0.1) is 13.8 Å². The minimum absolute atomic E-state index is 0.985. The molecule has 4 aromatic rings. The summed E-state index contributed by atoms with van der Waals surface area (Å²) in [6.45, 7) is 7.29. The van der Waals surface area contributed by atoms with Gasteiger partial charge in [0.2, 0.25) is 0 Å². The van der Waals surface area contributed by atoms with Crippen LogP contribution in [-0.4, -0.2) is 16.1 Å². The van der Waals surface area contributed by atoms with E-state index in [2.05, 4.69) is 82.0 Å². The highest BCUT2D eigenvalue weighted by atomic mass is 15.1. The van der Waals surface area contributed by atoms with E-state index in [0.717, 1.165) is 38.2 Å². The molecule has 5 rings (SSSR count). The minimum atomic E-state index is 0.985. The van der Waals surface area contributed by atoms with E-state index in [4.69, 9.17) is 0 Å². The number of pyridine rings is 1. The zero-order valence-electron chi connectivity index (χ0n) is 17.2. The van der Waals surface area contributed by atoms with E-state index in [-0.39, 0.29) is 0 Å². The second-order valence-corrected chi connectivity index (χ2v) is 8.16. The number of para-hydroxylation sites is 1. The number of fused-ring (bicyclic) bond motifs is 3. The van der Waals surface area contributed by atoms with E-state index in [0.29, 0.717) is 0 Å². The molecule has 1 aliphatic heterocycles. The van der Waals surface area contributed by atoms with Gasteiger partial charge in [0.05, 0.1) is 0 Å². The molecule has 0 radical (unpaired) electrons.